The molecule has 0 atom stereocenters. The van der Waals surface area contributed by atoms with Gasteiger partial charge in [-0.25, -0.2) is 0 Å². The number of hydrogen-bond donors (Lipinski definition) is 2. The summed E-state index contributed by atoms with van der Waals surface area (Å²) < 4.78 is 5.58. The van der Waals surface area contributed by atoms with Gasteiger partial charge < -0.3 is 15.5 Å². The first-order valence-corrected chi connectivity index (χ1v) is 6.34. The Labute approximate surface area is 113 Å². The number of hydrogen-bond acceptors (Lipinski definition) is 3. The Balaban J connectivity index is 2.24. The first kappa shape index (κ1) is 13.6. The summed E-state index contributed by atoms with van der Waals surface area (Å²) in [6.07, 6.45) is 0. The minimum atomic E-state index is -0.436. The van der Waals surface area contributed by atoms with Gasteiger partial charge in [0.05, 0.1) is 0 Å². The maximum Gasteiger partial charge on any atom is 0.287 e. The van der Waals surface area contributed by atoms with Crippen LogP contribution in [0.25, 0.3) is 11.0 Å². The van der Waals surface area contributed by atoms with E-state index in [1.54, 1.807) is 6.07 Å². The molecule has 19 heavy (non-hydrogen) atoms. The zero-order valence-corrected chi connectivity index (χ0v) is 11.8. The number of aryl methyl sites for hydroxylation is 2. The van der Waals surface area contributed by atoms with Crippen molar-refractivity contribution in [2.24, 2.45) is 5.73 Å². The number of carbonyl (C=O) groups excluding carboxylic acids is 1. The van der Waals surface area contributed by atoms with Crippen molar-refractivity contribution in [2.75, 3.05) is 6.54 Å². The summed E-state index contributed by atoms with van der Waals surface area (Å²) >= 11 is 0. The highest BCUT2D eigenvalue weighted by atomic mass is 16.3. The van der Waals surface area contributed by atoms with Crippen molar-refractivity contribution in [3.63, 3.8) is 0 Å². The lowest BCUT2D eigenvalue weighted by Crippen LogP contribution is -2.45. The van der Waals surface area contributed by atoms with Crippen LogP contribution in [0.1, 0.15) is 35.5 Å². The van der Waals surface area contributed by atoms with Gasteiger partial charge in [-0.2, -0.15) is 0 Å². The Kier molecular flexibility index (Phi) is 3.37. The summed E-state index contributed by atoms with van der Waals surface area (Å²) in [5.41, 5.74) is 8.47. The van der Waals surface area contributed by atoms with E-state index in [0.29, 0.717) is 12.3 Å². The number of carbonyl (C=O) groups is 1. The number of furan rings is 1. The Morgan fingerprint density at radius 3 is 2.53 bits per heavy atom. The molecule has 0 saturated heterocycles. The number of fused-ring (bicyclic) bond motifs is 1. The highest BCUT2D eigenvalue weighted by Crippen LogP contribution is 2.23. The molecular formula is C15H20N2O2. The zero-order valence-electron chi connectivity index (χ0n) is 11.8. The monoisotopic (exact) mass is 260 g/mol. The lowest BCUT2D eigenvalue weighted by atomic mass is 10.1. The molecule has 1 aromatic heterocycles. The largest absolute Gasteiger partial charge is 0.451 e. The van der Waals surface area contributed by atoms with Gasteiger partial charge >= 0.3 is 0 Å². The molecule has 0 aliphatic heterocycles. The number of nitrogens with two attached hydrogens (primary N) is 1. The summed E-state index contributed by atoms with van der Waals surface area (Å²) in [5, 5.41) is 3.72. The molecule has 3 N–H and O–H groups in total. The molecule has 1 heterocycles. The highest BCUT2D eigenvalue weighted by molar-refractivity contribution is 5.96. The van der Waals surface area contributed by atoms with E-state index in [1.807, 2.05) is 39.8 Å². The van der Waals surface area contributed by atoms with E-state index in [2.05, 4.69) is 5.32 Å². The normalized spacial score (nSPS) is 11.8. The topological polar surface area (TPSA) is 68.3 Å². The van der Waals surface area contributed by atoms with Crippen LogP contribution in [0, 0.1) is 13.8 Å². The first-order valence-electron chi connectivity index (χ1n) is 6.34. The smallest absolute Gasteiger partial charge is 0.287 e. The first-order chi connectivity index (χ1) is 8.76. The van der Waals surface area contributed by atoms with Crippen LogP contribution >= 0.6 is 0 Å². The summed E-state index contributed by atoms with van der Waals surface area (Å²) in [6, 6.07) is 5.74. The molecular weight excluding hydrogens is 240 g/mol. The number of nitrogens with one attached hydrogen (secondary N) is 1. The molecule has 0 aliphatic rings. The van der Waals surface area contributed by atoms with Crippen molar-refractivity contribution in [3.8, 4) is 0 Å². The van der Waals surface area contributed by atoms with Gasteiger partial charge in [-0.1, -0.05) is 0 Å². The molecule has 0 bridgehead atoms. The minimum absolute atomic E-state index is 0.231. The van der Waals surface area contributed by atoms with Gasteiger partial charge in [0.15, 0.2) is 5.76 Å². The summed E-state index contributed by atoms with van der Waals surface area (Å²) in [6.45, 7) is 8.19. The lowest BCUT2D eigenvalue weighted by Gasteiger charge is -2.18. The van der Waals surface area contributed by atoms with E-state index in [1.165, 1.54) is 5.56 Å². The molecule has 0 fully saturated rings. The molecule has 4 nitrogen and oxygen atoms in total. The minimum Gasteiger partial charge on any atom is -0.451 e. The second-order valence-electron chi connectivity index (χ2n) is 5.76. The highest BCUT2D eigenvalue weighted by Gasteiger charge is 2.16. The fraction of sp³-hybridized carbons (Fsp3) is 0.400. The van der Waals surface area contributed by atoms with E-state index in [0.717, 1.165) is 16.5 Å². The molecule has 1 amide bonds. The van der Waals surface area contributed by atoms with Crippen LogP contribution in [0.5, 0.6) is 0 Å². The van der Waals surface area contributed by atoms with Crippen LogP contribution in [-0.2, 0) is 0 Å². The van der Waals surface area contributed by atoms with Gasteiger partial charge in [0.25, 0.3) is 5.91 Å². The van der Waals surface area contributed by atoms with E-state index in [4.69, 9.17) is 10.2 Å². The fourth-order valence-electron chi connectivity index (χ4n) is 1.81. The SMILES string of the molecule is Cc1cc2cc(C(=O)NCC(C)(C)N)oc2cc1C. The zero-order chi connectivity index (χ0) is 14.2. The number of benzene rings is 1. The second kappa shape index (κ2) is 4.70. The predicted octanol–water partition coefficient (Wildman–Crippen LogP) is 2.52. The summed E-state index contributed by atoms with van der Waals surface area (Å²) in [5.74, 6) is 0.0919. The van der Waals surface area contributed by atoms with Crippen LogP contribution in [0.2, 0.25) is 0 Å². The Morgan fingerprint density at radius 2 is 1.89 bits per heavy atom. The molecule has 0 unspecified atom stereocenters. The fourth-order valence-corrected chi connectivity index (χ4v) is 1.81. The van der Waals surface area contributed by atoms with E-state index < -0.39 is 5.54 Å². The molecule has 4 heteroatoms. The average molecular weight is 260 g/mol. The van der Waals surface area contributed by atoms with Crippen molar-refractivity contribution < 1.29 is 9.21 Å². The molecule has 102 valence electrons. The maximum absolute atomic E-state index is 12.0. The van der Waals surface area contributed by atoms with Crippen molar-refractivity contribution in [2.45, 2.75) is 33.2 Å². The average Bonchev–Trinajstić information content (AvgIpc) is 2.68. The van der Waals surface area contributed by atoms with Crippen LogP contribution in [0.15, 0.2) is 22.6 Å². The lowest BCUT2D eigenvalue weighted by molar-refractivity contribution is 0.0920. The van der Waals surface area contributed by atoms with Gasteiger partial charge in [-0.15, -0.1) is 0 Å². The van der Waals surface area contributed by atoms with E-state index >= 15 is 0 Å². The van der Waals surface area contributed by atoms with Crippen LogP contribution in [-0.4, -0.2) is 18.0 Å². The van der Waals surface area contributed by atoms with E-state index in [9.17, 15) is 4.79 Å². The molecule has 2 rings (SSSR count). The summed E-state index contributed by atoms with van der Waals surface area (Å²) in [7, 11) is 0. The number of rotatable bonds is 3. The molecule has 0 saturated carbocycles. The maximum atomic E-state index is 12.0. The van der Waals surface area contributed by atoms with Crippen LogP contribution in [0.4, 0.5) is 0 Å². The van der Waals surface area contributed by atoms with Crippen LogP contribution < -0.4 is 11.1 Å². The quantitative estimate of drug-likeness (QED) is 0.891. The van der Waals surface area contributed by atoms with Crippen molar-refractivity contribution in [1.82, 2.24) is 5.32 Å². The standard InChI is InChI=1S/C15H20N2O2/c1-9-5-11-7-13(19-12(11)6-10(9)2)14(18)17-8-15(3,4)16/h5-7H,8,16H2,1-4H3,(H,17,18). The van der Waals surface area contributed by atoms with Gasteiger partial charge in [0.1, 0.15) is 5.58 Å². The van der Waals surface area contributed by atoms with Crippen molar-refractivity contribution in [3.05, 3.63) is 35.1 Å². The number of amides is 1. The van der Waals surface area contributed by atoms with E-state index in [-0.39, 0.29) is 5.91 Å². The second-order valence-corrected chi connectivity index (χ2v) is 5.76. The third-order valence-electron chi connectivity index (χ3n) is 3.06. The molecule has 0 spiro atoms. The summed E-state index contributed by atoms with van der Waals surface area (Å²) in [4.78, 5) is 12.0. The molecule has 0 radical (unpaired) electrons. The van der Waals surface area contributed by atoms with Gasteiger partial charge in [-0.3, -0.25) is 4.79 Å². The van der Waals surface area contributed by atoms with Gasteiger partial charge in [-0.05, 0) is 57.0 Å². The molecule has 1 aromatic carbocycles. The Morgan fingerprint density at radius 1 is 1.26 bits per heavy atom. The van der Waals surface area contributed by atoms with Crippen molar-refractivity contribution in [1.29, 1.82) is 0 Å². The third kappa shape index (κ3) is 3.15. The molecule has 0 aliphatic carbocycles. The van der Waals surface area contributed by atoms with Crippen LogP contribution in [0.3, 0.4) is 0 Å². The van der Waals surface area contributed by atoms with Crippen molar-refractivity contribution >= 4 is 16.9 Å². The Hall–Kier alpha value is -1.81. The van der Waals surface area contributed by atoms with Gasteiger partial charge in [0, 0.05) is 17.5 Å². The predicted molar refractivity (Wildman–Crippen MR) is 76.3 cm³/mol. The third-order valence-corrected chi connectivity index (χ3v) is 3.06. The Bertz CT molecular complexity index is 582. The van der Waals surface area contributed by atoms with Gasteiger partial charge in [0.2, 0.25) is 0 Å². The molecule has 2 aromatic rings.